The first-order valence-electron chi connectivity index (χ1n) is 10.2. The molecule has 0 aliphatic carbocycles. The quantitative estimate of drug-likeness (QED) is 0.176. The molecule has 2 rings (SSSR count). The number of carbonyl (C=O) groups excluding carboxylic acids is 2. The van der Waals surface area contributed by atoms with E-state index in [1.54, 1.807) is 67.8 Å². The van der Waals surface area contributed by atoms with E-state index in [0.29, 0.717) is 17.2 Å². The van der Waals surface area contributed by atoms with Crippen LogP contribution in [0.1, 0.15) is 18.6 Å². The topological polar surface area (TPSA) is 126 Å². The average Bonchev–Trinajstić information content (AvgIpc) is 2.84. The maximum Gasteiger partial charge on any atom is 0.412 e. The van der Waals surface area contributed by atoms with Gasteiger partial charge in [-0.2, -0.15) is 0 Å². The molecule has 4 N–H and O–H groups in total. The number of nitrogens with one attached hydrogen (secondary N) is 2. The highest BCUT2D eigenvalue weighted by Crippen LogP contribution is 2.29. The molecule has 33 heavy (non-hydrogen) atoms. The number of aliphatic hydroxyl groups excluding tert-OH is 1. The summed E-state index contributed by atoms with van der Waals surface area (Å²) >= 11 is 0. The van der Waals surface area contributed by atoms with Gasteiger partial charge in [0.1, 0.15) is 24.2 Å². The number of ether oxygens (including phenoxy) is 3. The van der Waals surface area contributed by atoms with Gasteiger partial charge in [0.25, 0.3) is 5.91 Å². The van der Waals surface area contributed by atoms with Crippen molar-refractivity contribution in [2.24, 2.45) is 5.92 Å². The highest BCUT2D eigenvalue weighted by Gasteiger charge is 2.22. The number of hydroxylamine groups is 1. The lowest BCUT2D eigenvalue weighted by molar-refractivity contribution is -0.124. The van der Waals surface area contributed by atoms with E-state index >= 15 is 0 Å². The summed E-state index contributed by atoms with van der Waals surface area (Å²) in [5.74, 6) is 0.322. The molecule has 0 unspecified atom stereocenters. The maximum atomic E-state index is 12.6. The highest BCUT2D eigenvalue weighted by molar-refractivity contribution is 5.86. The Kier molecular flexibility index (Phi) is 10.5. The number of aliphatic hydroxyl groups is 1. The molecule has 9 heteroatoms. The fraction of sp³-hybridized carbons (Fsp3) is 0.250. The fourth-order valence-electron chi connectivity index (χ4n) is 2.85. The van der Waals surface area contributed by atoms with Crippen molar-refractivity contribution >= 4 is 17.7 Å². The molecule has 0 bridgehead atoms. The van der Waals surface area contributed by atoms with Crippen molar-refractivity contribution in [3.05, 3.63) is 78.4 Å². The van der Waals surface area contributed by atoms with Gasteiger partial charge in [-0.3, -0.25) is 15.3 Å². The second kappa shape index (κ2) is 13.6. The van der Waals surface area contributed by atoms with Gasteiger partial charge in [0.2, 0.25) is 0 Å². The first-order chi connectivity index (χ1) is 16.0. The van der Waals surface area contributed by atoms with E-state index in [9.17, 15) is 9.59 Å². The third-order valence-electron chi connectivity index (χ3n) is 4.50. The van der Waals surface area contributed by atoms with Gasteiger partial charge in [0, 0.05) is 17.7 Å². The molecule has 0 saturated carbocycles. The number of allylic oxidation sites excluding steroid dienone is 2. The molecule has 9 nitrogen and oxygen atoms in total. The molecule has 0 aromatic heterocycles. The number of anilines is 1. The van der Waals surface area contributed by atoms with Crippen LogP contribution in [-0.4, -0.2) is 42.6 Å². The molecule has 0 radical (unpaired) electrons. The Balaban J connectivity index is 2.15. The first-order valence-corrected chi connectivity index (χ1v) is 10.2. The largest absolute Gasteiger partial charge is 0.497 e. The molecule has 0 spiro atoms. The van der Waals surface area contributed by atoms with Gasteiger partial charge in [-0.05, 0) is 42.0 Å². The zero-order valence-electron chi connectivity index (χ0n) is 18.4. The lowest BCUT2D eigenvalue weighted by Crippen LogP contribution is -2.21. The Labute approximate surface area is 192 Å². The minimum absolute atomic E-state index is 0.0946. The zero-order chi connectivity index (χ0) is 24.1. The lowest BCUT2D eigenvalue weighted by atomic mass is 9.96. The van der Waals surface area contributed by atoms with E-state index in [1.807, 2.05) is 6.92 Å². The highest BCUT2D eigenvalue weighted by atomic mass is 16.6. The monoisotopic (exact) mass is 456 g/mol. The van der Waals surface area contributed by atoms with Crippen LogP contribution in [0, 0.1) is 5.92 Å². The summed E-state index contributed by atoms with van der Waals surface area (Å²) in [7, 11) is 1.56. The van der Waals surface area contributed by atoms with Gasteiger partial charge in [-0.25, -0.2) is 10.3 Å². The van der Waals surface area contributed by atoms with E-state index in [4.69, 9.17) is 24.5 Å². The normalized spacial score (nSPS) is 12.8. The molecule has 0 heterocycles. The molecule has 176 valence electrons. The molecule has 2 aromatic rings. The molecule has 0 aliphatic heterocycles. The predicted octanol–water partition coefficient (Wildman–Crippen LogP) is 3.61. The van der Waals surface area contributed by atoms with Crippen LogP contribution in [0.25, 0.3) is 0 Å². The van der Waals surface area contributed by atoms with Crippen LogP contribution < -0.4 is 20.3 Å². The Morgan fingerprint density at radius 3 is 2.30 bits per heavy atom. The summed E-state index contributed by atoms with van der Waals surface area (Å²) < 4.78 is 16.2. The SMILES string of the molecule is COc1ccc(NC(=O)O[C@H](c2ccc(OCCO)cc2)[C@@H](C)/C=C/C=C/C(=O)NO)cc1. The van der Waals surface area contributed by atoms with E-state index in [2.05, 4.69) is 5.32 Å². The van der Waals surface area contributed by atoms with Crippen LogP contribution in [0.3, 0.4) is 0 Å². The molecular formula is C24H28N2O7. The summed E-state index contributed by atoms with van der Waals surface area (Å²) in [6.07, 6.45) is 4.72. The van der Waals surface area contributed by atoms with Gasteiger partial charge in [0.05, 0.1) is 13.7 Å². The van der Waals surface area contributed by atoms with Crippen LogP contribution in [-0.2, 0) is 9.53 Å². The molecule has 0 fully saturated rings. The summed E-state index contributed by atoms with van der Waals surface area (Å²) in [5, 5.41) is 20.1. The maximum absolute atomic E-state index is 12.6. The number of carbonyl (C=O) groups is 2. The van der Waals surface area contributed by atoms with E-state index in [1.165, 1.54) is 11.6 Å². The molecule has 2 atom stereocenters. The number of rotatable bonds is 11. The van der Waals surface area contributed by atoms with Crippen molar-refractivity contribution in [3.8, 4) is 11.5 Å². The fourth-order valence-corrected chi connectivity index (χ4v) is 2.85. The Morgan fingerprint density at radius 2 is 1.70 bits per heavy atom. The van der Waals surface area contributed by atoms with Crippen molar-refractivity contribution in [1.29, 1.82) is 0 Å². The van der Waals surface area contributed by atoms with Crippen LogP contribution in [0.15, 0.2) is 72.8 Å². The molecular weight excluding hydrogens is 428 g/mol. The van der Waals surface area contributed by atoms with Gasteiger partial charge < -0.3 is 19.3 Å². The Hall–Kier alpha value is -3.82. The summed E-state index contributed by atoms with van der Waals surface area (Å²) in [4.78, 5) is 23.7. The van der Waals surface area contributed by atoms with Crippen molar-refractivity contribution in [2.75, 3.05) is 25.6 Å². The van der Waals surface area contributed by atoms with E-state index in [-0.39, 0.29) is 19.1 Å². The Morgan fingerprint density at radius 1 is 1.03 bits per heavy atom. The van der Waals surface area contributed by atoms with Crippen molar-refractivity contribution < 1.29 is 34.1 Å². The second-order valence-electron chi connectivity index (χ2n) is 6.90. The van der Waals surface area contributed by atoms with E-state index < -0.39 is 18.1 Å². The van der Waals surface area contributed by atoms with Gasteiger partial charge in [-0.15, -0.1) is 0 Å². The summed E-state index contributed by atoms with van der Waals surface area (Å²) in [6, 6.07) is 13.8. The molecule has 0 aliphatic rings. The smallest absolute Gasteiger partial charge is 0.412 e. The number of amides is 2. The Bertz CT molecular complexity index is 940. The van der Waals surface area contributed by atoms with Crippen molar-refractivity contribution in [3.63, 3.8) is 0 Å². The van der Waals surface area contributed by atoms with Gasteiger partial charge >= 0.3 is 6.09 Å². The standard InChI is InChI=1S/C24H28N2O7/c1-17(5-3-4-6-22(28)26-30)23(18-7-11-21(12-8-18)32-16-15-27)33-24(29)25-19-9-13-20(31-2)14-10-19/h3-14,17,23,27,30H,15-16H2,1-2H3,(H,25,29)(H,26,28)/b5-3+,6-4+/t17-,23-/m0/s1. The zero-order valence-corrected chi connectivity index (χ0v) is 18.4. The molecule has 2 amide bonds. The van der Waals surface area contributed by atoms with Crippen LogP contribution in [0.5, 0.6) is 11.5 Å². The average molecular weight is 456 g/mol. The van der Waals surface area contributed by atoms with Crippen LogP contribution >= 0.6 is 0 Å². The number of hydrogen-bond donors (Lipinski definition) is 4. The third kappa shape index (κ3) is 8.68. The first kappa shape index (κ1) is 25.4. The van der Waals surface area contributed by atoms with Crippen molar-refractivity contribution in [2.45, 2.75) is 13.0 Å². The number of hydrogen-bond acceptors (Lipinski definition) is 7. The number of benzene rings is 2. The van der Waals surface area contributed by atoms with Crippen LogP contribution in [0.4, 0.5) is 10.5 Å². The van der Waals surface area contributed by atoms with Crippen LogP contribution in [0.2, 0.25) is 0 Å². The molecule has 0 saturated heterocycles. The van der Waals surface area contributed by atoms with Gasteiger partial charge in [0.15, 0.2) is 0 Å². The predicted molar refractivity (Wildman–Crippen MR) is 122 cm³/mol. The minimum atomic E-state index is -0.655. The lowest BCUT2D eigenvalue weighted by Gasteiger charge is -2.23. The van der Waals surface area contributed by atoms with Gasteiger partial charge in [-0.1, -0.05) is 37.3 Å². The summed E-state index contributed by atoms with van der Waals surface area (Å²) in [5.41, 5.74) is 2.78. The number of methoxy groups -OCH3 is 1. The molecule has 2 aromatic carbocycles. The van der Waals surface area contributed by atoms with E-state index in [0.717, 1.165) is 11.6 Å². The second-order valence-corrected chi connectivity index (χ2v) is 6.90. The van der Waals surface area contributed by atoms with Crippen molar-refractivity contribution in [1.82, 2.24) is 5.48 Å². The minimum Gasteiger partial charge on any atom is -0.497 e. The summed E-state index contributed by atoms with van der Waals surface area (Å²) in [6.45, 7) is 1.94. The third-order valence-corrected chi connectivity index (χ3v) is 4.50.